The first kappa shape index (κ1) is 57.7. The van der Waals surface area contributed by atoms with Gasteiger partial charge in [-0.3, -0.25) is 0 Å². The van der Waals surface area contributed by atoms with Gasteiger partial charge in [-0.05, 0) is 0 Å². The van der Waals surface area contributed by atoms with Crippen molar-refractivity contribution >= 4 is 23.5 Å². The molecular weight excluding hydrogens is 889 g/mol. The predicted octanol–water partition coefficient (Wildman–Crippen LogP) is -7.84. The third-order valence-corrected chi connectivity index (χ3v) is 8.74. The lowest BCUT2D eigenvalue weighted by atomic mass is 9.84. The second-order valence-corrected chi connectivity index (χ2v) is 14.9. The van der Waals surface area contributed by atoms with E-state index in [9.17, 15) is 53.6 Å². The van der Waals surface area contributed by atoms with Crippen molar-refractivity contribution in [2.24, 2.45) is 0 Å². The van der Waals surface area contributed by atoms with Crippen molar-refractivity contribution in [3.05, 3.63) is 0 Å². The Bertz CT molecular complexity index is 1160. The first-order valence-electron chi connectivity index (χ1n) is 18.2. The zero-order valence-electron chi connectivity index (χ0n) is 32.8. The van der Waals surface area contributed by atoms with Crippen LogP contribution in [0, 0.1) is 0 Å². The zero-order valence-corrected chi connectivity index (χ0v) is 35.5. The fraction of sp³-hybridized carbons (Fsp3) is 1.00. The first-order valence-corrected chi connectivity index (χ1v) is 22.6. The Morgan fingerprint density at radius 2 is 0.517 bits per heavy atom. The number of rotatable bonds is 42. The molecule has 0 heterocycles. The maximum atomic E-state index is 11.5. The molecule has 0 aromatic heterocycles. The fourth-order valence-corrected chi connectivity index (χ4v) is 6.42. The van der Waals surface area contributed by atoms with Crippen molar-refractivity contribution in [1.82, 2.24) is 0 Å². The molecule has 0 amide bonds. The number of hydrogen-bond acceptors (Lipinski definition) is 28. The Hall–Kier alpha value is -0.310. The average Bonchev–Trinajstić information content (AvgIpc) is 3.16. The first-order chi connectivity index (χ1) is 28.6. The van der Waals surface area contributed by atoms with Gasteiger partial charge in [-0.1, -0.05) is 0 Å². The van der Waals surface area contributed by atoms with Crippen LogP contribution in [0.2, 0.25) is 0 Å². The summed E-state index contributed by atoms with van der Waals surface area (Å²) in [4.78, 5) is 75.4. The molecule has 1 aliphatic rings. The molecule has 60 heavy (non-hydrogen) atoms. The average molecular weight is 943 g/mol. The minimum absolute atomic E-state index is 0.0308. The minimum Gasteiger partial charge on any atom is -0.790 e. The number of phosphoric ester groups is 3. The molecule has 1 saturated carbocycles. The Morgan fingerprint density at radius 1 is 0.317 bits per heavy atom. The molecule has 360 valence electrons. The van der Waals surface area contributed by atoms with Crippen LogP contribution in [0.3, 0.4) is 0 Å². The fourth-order valence-electron chi connectivity index (χ4n) is 4.80. The van der Waals surface area contributed by atoms with Gasteiger partial charge in [0.25, 0.3) is 0 Å². The van der Waals surface area contributed by atoms with Gasteiger partial charge < -0.3 is 134 Å². The zero-order chi connectivity index (χ0) is 44.5. The van der Waals surface area contributed by atoms with Crippen molar-refractivity contribution in [3.63, 3.8) is 0 Å². The minimum atomic E-state index is -6.22. The molecule has 0 aromatic carbocycles. The highest BCUT2D eigenvalue weighted by molar-refractivity contribution is 7.43. The Balaban J connectivity index is 2.12. The quantitative estimate of drug-likeness (QED) is 0.0237. The molecule has 1 fully saturated rings. The lowest BCUT2D eigenvalue weighted by Gasteiger charge is -2.55. The summed E-state index contributed by atoms with van der Waals surface area (Å²) in [5.41, 5.74) is 0. The van der Waals surface area contributed by atoms with Gasteiger partial charge in [-0.25, -0.2) is 0 Å². The predicted molar refractivity (Wildman–Crippen MR) is 177 cm³/mol. The van der Waals surface area contributed by atoms with Gasteiger partial charge in [0.1, 0.15) is 36.6 Å². The summed E-state index contributed by atoms with van der Waals surface area (Å²) in [6, 6.07) is 0. The molecule has 28 nitrogen and oxygen atoms in total. The van der Waals surface area contributed by atoms with Gasteiger partial charge in [0.15, 0.2) is 0 Å². The van der Waals surface area contributed by atoms with Crippen molar-refractivity contribution in [2.75, 3.05) is 152 Å². The number of ether oxygens (including phenoxy) is 12. The molecule has 3 unspecified atom stereocenters. The highest BCUT2D eigenvalue weighted by Crippen LogP contribution is 2.45. The van der Waals surface area contributed by atoms with Gasteiger partial charge in [0, 0.05) is 7.11 Å². The Morgan fingerprint density at radius 3 is 0.750 bits per heavy atom. The smallest absolute Gasteiger partial charge is 0.121 e. The van der Waals surface area contributed by atoms with Crippen LogP contribution >= 0.6 is 23.5 Å². The Kier molecular flexibility index (Phi) is 33.7. The third-order valence-electron chi connectivity index (χ3n) is 7.24. The summed E-state index contributed by atoms with van der Waals surface area (Å²) in [7, 11) is -16.9. The molecule has 0 radical (unpaired) electrons. The maximum absolute atomic E-state index is 11.5. The van der Waals surface area contributed by atoms with Crippen LogP contribution in [0.4, 0.5) is 0 Å². The van der Waals surface area contributed by atoms with Crippen molar-refractivity contribution in [2.45, 2.75) is 36.6 Å². The SMILES string of the molecule is COCCOCCOCCOCCOCCOCCOCCOCCOCCOCCOCCOC1C(O[O-])[C@H](OP(=O)([O-])[O-])[C@H](O[O-])C(OP(=O)([O-])[O-])[C@@H]1OP(=O)([O-])[O-]. The molecule has 0 spiro atoms. The molecule has 1 rings (SSSR count). The van der Waals surface area contributed by atoms with Gasteiger partial charge in [0.05, 0.1) is 169 Å². The van der Waals surface area contributed by atoms with Gasteiger partial charge in [-0.15, -0.1) is 0 Å². The summed E-state index contributed by atoms with van der Waals surface area (Å²) < 4.78 is 110. The van der Waals surface area contributed by atoms with Crippen LogP contribution in [0.5, 0.6) is 0 Å². The van der Waals surface area contributed by atoms with Gasteiger partial charge in [0.2, 0.25) is 0 Å². The summed E-state index contributed by atoms with van der Waals surface area (Å²) >= 11 is 0. The van der Waals surface area contributed by atoms with E-state index in [0.29, 0.717) is 99.1 Å². The number of phosphoric acid groups is 3. The summed E-state index contributed by atoms with van der Waals surface area (Å²) in [6.07, 6.45) is -15.7. The van der Waals surface area contributed by atoms with Crippen LogP contribution in [-0.2, 0) is 93.9 Å². The van der Waals surface area contributed by atoms with E-state index < -0.39 is 66.7 Å². The van der Waals surface area contributed by atoms with Gasteiger partial charge >= 0.3 is 0 Å². The maximum Gasteiger partial charge on any atom is 0.121 e. The van der Waals surface area contributed by atoms with E-state index in [4.69, 9.17) is 56.8 Å². The van der Waals surface area contributed by atoms with E-state index in [0.717, 1.165) is 0 Å². The number of hydrogen-bond donors (Lipinski definition) is 0. The highest BCUT2D eigenvalue weighted by atomic mass is 31.2. The van der Waals surface area contributed by atoms with Crippen molar-refractivity contribution in [3.8, 4) is 0 Å². The lowest BCUT2D eigenvalue weighted by Crippen LogP contribution is -2.69. The molecule has 0 saturated heterocycles. The van der Waals surface area contributed by atoms with Crippen LogP contribution in [0.25, 0.3) is 0 Å². The monoisotopic (exact) mass is 942 g/mol. The molecule has 0 aromatic rings. The normalized spacial score (nSPS) is 21.6. The highest BCUT2D eigenvalue weighted by Gasteiger charge is 2.54. The molecule has 0 bridgehead atoms. The number of methoxy groups -OCH3 is 1. The Labute approximate surface area is 346 Å². The second-order valence-electron chi connectivity index (χ2n) is 11.6. The van der Waals surface area contributed by atoms with Crippen LogP contribution in [0.1, 0.15) is 0 Å². The summed E-state index contributed by atoms with van der Waals surface area (Å²) in [5, 5.41) is 22.9. The van der Waals surface area contributed by atoms with E-state index in [-0.39, 0.29) is 39.6 Å². The lowest BCUT2D eigenvalue weighted by molar-refractivity contribution is -0.727. The van der Waals surface area contributed by atoms with E-state index in [1.54, 1.807) is 7.11 Å². The molecule has 0 aliphatic heterocycles. The van der Waals surface area contributed by atoms with E-state index in [1.165, 1.54) is 0 Å². The molecule has 1 aliphatic carbocycles. The topological polar surface area (TPSA) is 393 Å². The largest absolute Gasteiger partial charge is 0.790 e. The van der Waals surface area contributed by atoms with Crippen molar-refractivity contribution in [1.29, 1.82) is 0 Å². The molecule has 0 N–H and O–H groups in total. The van der Waals surface area contributed by atoms with E-state index >= 15 is 0 Å². The van der Waals surface area contributed by atoms with Crippen LogP contribution < -0.4 is 39.9 Å². The third kappa shape index (κ3) is 30.7. The summed E-state index contributed by atoms with van der Waals surface area (Å²) in [6.45, 7) is 6.16. The van der Waals surface area contributed by atoms with Crippen LogP contribution in [-0.4, -0.2) is 189 Å². The molecule has 6 atom stereocenters. The molecule has 31 heteroatoms. The van der Waals surface area contributed by atoms with E-state index in [1.807, 2.05) is 0 Å². The second kappa shape index (κ2) is 35.0. The van der Waals surface area contributed by atoms with Crippen molar-refractivity contribution < 1.29 is 134 Å². The van der Waals surface area contributed by atoms with E-state index in [2.05, 4.69) is 23.3 Å². The standard InChI is InChI=1S/C29H61O28P3/c1-41-2-3-42-4-5-43-6-7-44-8-9-45-10-11-46-12-13-47-14-15-48-16-17-49-18-19-50-20-21-51-22-23-52-24-25(53-30)28(56-59(35,36)37)26(54-31)29(57-60(38,39)40)27(24)55-58(32,33)34/h24-31H,2-23H2,1H3,(H2,32,33,34)(H2,35,36,37)(H2,38,39,40)/p-8/t24?,25?,26-,27+,28-,29?/m0/s1. The van der Waals surface area contributed by atoms with Gasteiger partial charge in [-0.2, -0.15) is 0 Å². The molecular formula is C29H53O28P3-8. The summed E-state index contributed by atoms with van der Waals surface area (Å²) in [5.74, 6) is 0. The van der Waals surface area contributed by atoms with Crippen LogP contribution in [0.15, 0.2) is 0 Å².